The van der Waals surface area contributed by atoms with Gasteiger partial charge in [0.25, 0.3) is 0 Å². The van der Waals surface area contributed by atoms with Crippen LogP contribution in [0.2, 0.25) is 0 Å². The van der Waals surface area contributed by atoms with Crippen molar-refractivity contribution in [2.24, 2.45) is 5.92 Å². The van der Waals surface area contributed by atoms with E-state index >= 15 is 0 Å². The van der Waals surface area contributed by atoms with Gasteiger partial charge in [0.05, 0.1) is 12.8 Å². The highest BCUT2D eigenvalue weighted by atomic mass is 16.5. The molecule has 1 saturated heterocycles. The molecule has 0 unspecified atom stereocenters. The predicted octanol–water partition coefficient (Wildman–Crippen LogP) is 3.47. The summed E-state index contributed by atoms with van der Waals surface area (Å²) < 4.78 is 5.25. The lowest BCUT2D eigenvalue weighted by atomic mass is 9.95. The third-order valence-electron chi connectivity index (χ3n) is 5.40. The first-order valence-corrected chi connectivity index (χ1v) is 9.18. The van der Waals surface area contributed by atoms with Crippen LogP contribution in [-0.2, 0) is 0 Å². The van der Waals surface area contributed by atoms with Gasteiger partial charge in [-0.2, -0.15) is 0 Å². The molecule has 2 aliphatic rings. The molecule has 0 radical (unpaired) electrons. The summed E-state index contributed by atoms with van der Waals surface area (Å²) in [6.45, 7) is 3.12. The number of anilines is 1. The first-order chi connectivity index (χ1) is 11.8. The molecule has 3 rings (SSSR count). The molecule has 24 heavy (non-hydrogen) atoms. The van der Waals surface area contributed by atoms with Crippen molar-refractivity contribution < 1.29 is 9.53 Å². The molecular formula is C19H29N3O2. The quantitative estimate of drug-likeness (QED) is 0.868. The van der Waals surface area contributed by atoms with E-state index in [0.29, 0.717) is 17.4 Å². The molecule has 2 amide bonds. The minimum atomic E-state index is -0.155. The highest BCUT2D eigenvalue weighted by Crippen LogP contribution is 2.27. The Balaban J connectivity index is 1.39. The number of para-hydroxylation sites is 2. The lowest BCUT2D eigenvalue weighted by Crippen LogP contribution is -2.43. The summed E-state index contributed by atoms with van der Waals surface area (Å²) in [6.07, 6.45) is 7.93. The predicted molar refractivity (Wildman–Crippen MR) is 96.6 cm³/mol. The van der Waals surface area contributed by atoms with Crippen molar-refractivity contribution in [3.63, 3.8) is 0 Å². The Morgan fingerprint density at radius 3 is 2.58 bits per heavy atom. The second kappa shape index (κ2) is 8.38. The number of piperidine rings is 1. The van der Waals surface area contributed by atoms with Crippen LogP contribution in [0.3, 0.4) is 0 Å². The summed E-state index contributed by atoms with van der Waals surface area (Å²) in [7, 11) is 1.61. The molecule has 1 aromatic rings. The molecule has 0 bridgehead atoms. The number of amides is 2. The van der Waals surface area contributed by atoms with Gasteiger partial charge in [-0.1, -0.05) is 25.0 Å². The second-order valence-corrected chi connectivity index (χ2v) is 6.95. The molecule has 2 fully saturated rings. The topological polar surface area (TPSA) is 53.6 Å². The van der Waals surface area contributed by atoms with Crippen LogP contribution in [0.15, 0.2) is 24.3 Å². The van der Waals surface area contributed by atoms with Crippen LogP contribution in [0.4, 0.5) is 10.5 Å². The summed E-state index contributed by atoms with van der Waals surface area (Å²) in [5, 5.41) is 5.88. The van der Waals surface area contributed by atoms with Gasteiger partial charge in [-0.25, -0.2) is 4.79 Å². The number of hydrogen-bond donors (Lipinski definition) is 2. The van der Waals surface area contributed by atoms with Crippen LogP contribution in [-0.4, -0.2) is 43.7 Å². The van der Waals surface area contributed by atoms with Gasteiger partial charge < -0.3 is 20.3 Å². The van der Waals surface area contributed by atoms with E-state index in [2.05, 4.69) is 15.5 Å². The Labute approximate surface area is 144 Å². The van der Waals surface area contributed by atoms with E-state index in [4.69, 9.17) is 4.74 Å². The van der Waals surface area contributed by atoms with Crippen molar-refractivity contribution in [2.45, 2.75) is 44.6 Å². The zero-order valence-electron chi connectivity index (χ0n) is 14.6. The van der Waals surface area contributed by atoms with Crippen LogP contribution < -0.4 is 15.4 Å². The van der Waals surface area contributed by atoms with Crippen molar-refractivity contribution in [3.05, 3.63) is 24.3 Å². The monoisotopic (exact) mass is 331 g/mol. The average molecular weight is 331 g/mol. The number of nitrogens with zero attached hydrogens (tertiary/aromatic N) is 1. The Morgan fingerprint density at radius 1 is 1.17 bits per heavy atom. The number of carbonyl (C=O) groups is 1. The summed E-state index contributed by atoms with van der Waals surface area (Å²) in [5.74, 6) is 1.27. The van der Waals surface area contributed by atoms with Crippen LogP contribution in [0.25, 0.3) is 0 Å². The third-order valence-corrected chi connectivity index (χ3v) is 5.40. The Kier molecular flexibility index (Phi) is 5.96. The van der Waals surface area contributed by atoms with Gasteiger partial charge in [0.2, 0.25) is 0 Å². The Hall–Kier alpha value is -1.75. The standard InChI is InChI=1S/C19H29N3O2/c1-24-18-9-5-4-8-17(18)21-19(23)20-14-15-10-12-22(13-11-15)16-6-2-3-7-16/h4-5,8-9,15-16H,2-3,6-7,10-14H2,1H3,(H2,20,21,23). The van der Waals surface area contributed by atoms with Crippen molar-refractivity contribution >= 4 is 11.7 Å². The number of rotatable bonds is 5. The number of likely N-dealkylation sites (tertiary alicyclic amines) is 1. The summed E-state index contributed by atoms with van der Waals surface area (Å²) in [6, 6.07) is 8.13. The molecule has 1 aliphatic carbocycles. The van der Waals surface area contributed by atoms with E-state index < -0.39 is 0 Å². The molecule has 1 saturated carbocycles. The minimum absolute atomic E-state index is 0.155. The number of hydrogen-bond acceptors (Lipinski definition) is 3. The number of benzene rings is 1. The molecule has 1 heterocycles. The fourth-order valence-corrected chi connectivity index (χ4v) is 3.94. The summed E-state index contributed by atoms with van der Waals surface area (Å²) >= 11 is 0. The maximum Gasteiger partial charge on any atom is 0.319 e. The normalized spacial score (nSPS) is 20.0. The maximum absolute atomic E-state index is 12.1. The second-order valence-electron chi connectivity index (χ2n) is 6.95. The molecule has 0 spiro atoms. The first kappa shape index (κ1) is 17.1. The highest BCUT2D eigenvalue weighted by molar-refractivity contribution is 5.90. The van der Waals surface area contributed by atoms with Crippen LogP contribution in [0, 0.1) is 5.92 Å². The van der Waals surface area contributed by atoms with Crippen LogP contribution in [0.1, 0.15) is 38.5 Å². The van der Waals surface area contributed by atoms with Gasteiger partial charge in [0.1, 0.15) is 5.75 Å². The van der Waals surface area contributed by atoms with Gasteiger partial charge in [0, 0.05) is 12.6 Å². The summed E-state index contributed by atoms with van der Waals surface area (Å²) in [4.78, 5) is 14.8. The largest absolute Gasteiger partial charge is 0.495 e. The summed E-state index contributed by atoms with van der Waals surface area (Å²) in [5.41, 5.74) is 0.702. The molecule has 1 aromatic carbocycles. The van der Waals surface area contributed by atoms with E-state index in [1.54, 1.807) is 7.11 Å². The molecule has 1 aliphatic heterocycles. The van der Waals surface area contributed by atoms with E-state index in [1.165, 1.54) is 51.6 Å². The van der Waals surface area contributed by atoms with Crippen molar-refractivity contribution in [2.75, 3.05) is 32.1 Å². The number of methoxy groups -OCH3 is 1. The smallest absolute Gasteiger partial charge is 0.319 e. The minimum Gasteiger partial charge on any atom is -0.495 e. The lowest BCUT2D eigenvalue weighted by Gasteiger charge is -2.36. The van der Waals surface area contributed by atoms with Gasteiger partial charge in [-0.3, -0.25) is 0 Å². The van der Waals surface area contributed by atoms with E-state index in [0.717, 1.165) is 12.6 Å². The number of ether oxygens (including phenoxy) is 1. The van der Waals surface area contributed by atoms with E-state index in [1.807, 2.05) is 24.3 Å². The molecule has 2 N–H and O–H groups in total. The molecule has 132 valence electrons. The van der Waals surface area contributed by atoms with Gasteiger partial charge >= 0.3 is 6.03 Å². The van der Waals surface area contributed by atoms with Gasteiger partial charge in [-0.05, 0) is 56.8 Å². The Bertz CT molecular complexity index is 535. The van der Waals surface area contributed by atoms with Crippen molar-refractivity contribution in [3.8, 4) is 5.75 Å². The van der Waals surface area contributed by atoms with Gasteiger partial charge in [0.15, 0.2) is 0 Å². The van der Waals surface area contributed by atoms with Crippen LogP contribution >= 0.6 is 0 Å². The zero-order valence-corrected chi connectivity index (χ0v) is 14.6. The first-order valence-electron chi connectivity index (χ1n) is 9.18. The van der Waals surface area contributed by atoms with Gasteiger partial charge in [-0.15, -0.1) is 0 Å². The lowest BCUT2D eigenvalue weighted by molar-refractivity contribution is 0.134. The van der Waals surface area contributed by atoms with Crippen LogP contribution in [0.5, 0.6) is 5.75 Å². The number of urea groups is 1. The maximum atomic E-state index is 12.1. The van der Waals surface area contributed by atoms with E-state index in [-0.39, 0.29) is 6.03 Å². The molecule has 0 atom stereocenters. The van der Waals surface area contributed by atoms with E-state index in [9.17, 15) is 4.79 Å². The Morgan fingerprint density at radius 2 is 1.88 bits per heavy atom. The fourth-order valence-electron chi connectivity index (χ4n) is 3.94. The van der Waals surface area contributed by atoms with Crippen molar-refractivity contribution in [1.29, 1.82) is 0 Å². The number of carbonyl (C=O) groups excluding carboxylic acids is 1. The SMILES string of the molecule is COc1ccccc1NC(=O)NCC1CCN(C2CCCC2)CC1. The fraction of sp³-hybridized carbons (Fsp3) is 0.632. The molecule has 0 aromatic heterocycles. The number of nitrogens with one attached hydrogen (secondary N) is 2. The third kappa shape index (κ3) is 4.41. The highest BCUT2D eigenvalue weighted by Gasteiger charge is 2.27. The molecular weight excluding hydrogens is 302 g/mol. The van der Waals surface area contributed by atoms with Crippen molar-refractivity contribution in [1.82, 2.24) is 10.2 Å². The molecule has 5 heteroatoms. The zero-order chi connectivity index (χ0) is 16.8. The average Bonchev–Trinajstić information content (AvgIpc) is 3.15. The molecule has 5 nitrogen and oxygen atoms in total.